The summed E-state index contributed by atoms with van der Waals surface area (Å²) >= 11 is 2.92. The summed E-state index contributed by atoms with van der Waals surface area (Å²) in [4.78, 5) is 32.9. The van der Waals surface area contributed by atoms with Gasteiger partial charge >= 0.3 is 0 Å². The van der Waals surface area contributed by atoms with E-state index in [-0.39, 0.29) is 17.2 Å². The Balaban J connectivity index is 1.42. The molecule has 162 valence electrons. The van der Waals surface area contributed by atoms with E-state index in [0.717, 1.165) is 52.4 Å². The Bertz CT molecular complexity index is 1400. The third kappa shape index (κ3) is 3.87. The quantitative estimate of drug-likeness (QED) is 0.237. The second-order valence-corrected chi connectivity index (χ2v) is 9.88. The monoisotopic (exact) mass is 461 g/mol. The SMILES string of the molecule is C=CCn1c(SCC(=O)Nc2cccc3ccccc23)nc2sc3c(c2c1=O)CCCC3. The summed E-state index contributed by atoms with van der Waals surface area (Å²) in [6.45, 7) is 4.17. The first-order valence-corrected chi connectivity index (χ1v) is 12.5. The van der Waals surface area contributed by atoms with Gasteiger partial charge in [0.05, 0.1) is 11.1 Å². The number of rotatable bonds is 6. The largest absolute Gasteiger partial charge is 0.325 e. The summed E-state index contributed by atoms with van der Waals surface area (Å²) in [6, 6.07) is 13.8. The average Bonchev–Trinajstić information content (AvgIpc) is 3.18. The first-order chi connectivity index (χ1) is 15.7. The van der Waals surface area contributed by atoms with Crippen LogP contribution in [0.25, 0.3) is 21.0 Å². The Labute approximate surface area is 194 Å². The molecule has 1 amide bonds. The molecule has 7 heteroatoms. The minimum Gasteiger partial charge on any atom is -0.325 e. The third-order valence-electron chi connectivity index (χ3n) is 5.75. The molecule has 1 N–H and O–H groups in total. The van der Waals surface area contributed by atoms with Crippen LogP contribution in [0.5, 0.6) is 0 Å². The van der Waals surface area contributed by atoms with Crippen molar-refractivity contribution in [3.05, 3.63) is 75.9 Å². The van der Waals surface area contributed by atoms with Gasteiger partial charge in [0.25, 0.3) is 5.56 Å². The Hall–Kier alpha value is -2.90. The predicted molar refractivity (Wildman–Crippen MR) is 134 cm³/mol. The van der Waals surface area contributed by atoms with E-state index in [4.69, 9.17) is 4.98 Å². The lowest BCUT2D eigenvalue weighted by atomic mass is 9.97. The molecule has 0 fully saturated rings. The topological polar surface area (TPSA) is 64.0 Å². The number of hydrogen-bond donors (Lipinski definition) is 1. The molecule has 0 bridgehead atoms. The van der Waals surface area contributed by atoms with Crippen molar-refractivity contribution in [3.63, 3.8) is 0 Å². The van der Waals surface area contributed by atoms with Crippen LogP contribution in [0.1, 0.15) is 23.3 Å². The van der Waals surface area contributed by atoms with Gasteiger partial charge in [0.15, 0.2) is 5.16 Å². The number of thioether (sulfide) groups is 1. The highest BCUT2D eigenvalue weighted by Crippen LogP contribution is 2.34. The molecule has 5 nitrogen and oxygen atoms in total. The molecule has 0 radical (unpaired) electrons. The Morgan fingerprint density at radius 2 is 2.00 bits per heavy atom. The van der Waals surface area contributed by atoms with Crippen molar-refractivity contribution < 1.29 is 4.79 Å². The van der Waals surface area contributed by atoms with E-state index in [9.17, 15) is 9.59 Å². The van der Waals surface area contributed by atoms with E-state index in [2.05, 4.69) is 11.9 Å². The molecule has 0 aliphatic heterocycles. The maximum absolute atomic E-state index is 13.3. The smallest absolute Gasteiger partial charge is 0.263 e. The maximum atomic E-state index is 13.3. The van der Waals surface area contributed by atoms with E-state index in [1.54, 1.807) is 22.0 Å². The number of fused-ring (bicyclic) bond motifs is 4. The highest BCUT2D eigenvalue weighted by molar-refractivity contribution is 7.99. The van der Waals surface area contributed by atoms with Crippen molar-refractivity contribution in [1.82, 2.24) is 9.55 Å². The van der Waals surface area contributed by atoms with Gasteiger partial charge in [-0.25, -0.2) is 4.98 Å². The number of anilines is 1. The number of thiophene rings is 1. The minimum absolute atomic E-state index is 0.0220. The number of aromatic nitrogens is 2. The molecule has 0 spiro atoms. The molecule has 1 aliphatic carbocycles. The second kappa shape index (κ2) is 8.92. The van der Waals surface area contributed by atoms with Crippen molar-refractivity contribution in [2.24, 2.45) is 0 Å². The molecule has 2 heterocycles. The molecule has 32 heavy (non-hydrogen) atoms. The molecule has 0 saturated heterocycles. The molecule has 0 atom stereocenters. The fraction of sp³-hybridized carbons (Fsp3) is 0.240. The Morgan fingerprint density at radius 1 is 1.19 bits per heavy atom. The van der Waals surface area contributed by atoms with Crippen LogP contribution < -0.4 is 10.9 Å². The third-order valence-corrected chi connectivity index (χ3v) is 7.91. The first-order valence-electron chi connectivity index (χ1n) is 10.7. The predicted octanol–water partition coefficient (Wildman–Crippen LogP) is 5.41. The standard InChI is InChI=1S/C25H23N3O2S2/c1-2-14-28-24(30)22-18-11-5-6-13-20(18)32-23(22)27-25(28)31-15-21(29)26-19-12-7-9-16-8-3-4-10-17(16)19/h2-4,7-10,12H,1,5-6,11,13-15H2,(H,26,29). The molecular weight excluding hydrogens is 438 g/mol. The lowest BCUT2D eigenvalue weighted by Gasteiger charge is -2.12. The van der Waals surface area contributed by atoms with Crippen LogP contribution in [0.15, 0.2) is 65.1 Å². The number of carbonyl (C=O) groups excluding carboxylic acids is 1. The average molecular weight is 462 g/mol. The summed E-state index contributed by atoms with van der Waals surface area (Å²) < 4.78 is 1.65. The van der Waals surface area contributed by atoms with Crippen molar-refractivity contribution >= 4 is 55.7 Å². The molecule has 5 rings (SSSR count). The normalized spacial score (nSPS) is 13.2. The zero-order chi connectivity index (χ0) is 22.1. The molecule has 1 aliphatic rings. The second-order valence-electron chi connectivity index (χ2n) is 7.85. The fourth-order valence-corrected chi connectivity index (χ4v) is 6.38. The maximum Gasteiger partial charge on any atom is 0.263 e. The molecule has 0 unspecified atom stereocenters. The zero-order valence-corrected chi connectivity index (χ0v) is 19.2. The van der Waals surface area contributed by atoms with Gasteiger partial charge in [0, 0.05) is 22.5 Å². The number of nitrogens with zero attached hydrogens (tertiary/aromatic N) is 2. The minimum atomic E-state index is -0.128. The Morgan fingerprint density at radius 3 is 2.88 bits per heavy atom. The Kier molecular flexibility index (Phi) is 5.85. The van der Waals surface area contributed by atoms with Gasteiger partial charge in [0.2, 0.25) is 5.91 Å². The fourth-order valence-electron chi connectivity index (χ4n) is 4.27. The van der Waals surface area contributed by atoms with E-state index in [1.807, 2.05) is 42.5 Å². The number of carbonyl (C=O) groups is 1. The first kappa shape index (κ1) is 21.0. The number of allylic oxidation sites excluding steroid dienone is 1. The van der Waals surface area contributed by atoms with Gasteiger partial charge in [-0.3, -0.25) is 14.2 Å². The summed E-state index contributed by atoms with van der Waals surface area (Å²) in [5.41, 5.74) is 1.94. The lowest BCUT2D eigenvalue weighted by molar-refractivity contribution is -0.113. The van der Waals surface area contributed by atoms with E-state index < -0.39 is 0 Å². The van der Waals surface area contributed by atoms with Crippen molar-refractivity contribution in [2.45, 2.75) is 37.4 Å². The van der Waals surface area contributed by atoms with Crippen LogP contribution in [0.3, 0.4) is 0 Å². The van der Waals surface area contributed by atoms with Gasteiger partial charge in [-0.1, -0.05) is 54.2 Å². The van der Waals surface area contributed by atoms with Crippen LogP contribution in [0.2, 0.25) is 0 Å². The van der Waals surface area contributed by atoms with Gasteiger partial charge in [-0.05, 0) is 42.7 Å². The molecule has 2 aromatic carbocycles. The van der Waals surface area contributed by atoms with Crippen LogP contribution in [-0.2, 0) is 24.2 Å². The van der Waals surface area contributed by atoms with Gasteiger partial charge in [-0.2, -0.15) is 0 Å². The molecule has 0 saturated carbocycles. The van der Waals surface area contributed by atoms with Crippen molar-refractivity contribution in [1.29, 1.82) is 0 Å². The van der Waals surface area contributed by atoms with E-state index in [0.29, 0.717) is 11.7 Å². The van der Waals surface area contributed by atoms with Crippen LogP contribution in [0.4, 0.5) is 5.69 Å². The number of aryl methyl sites for hydroxylation is 2. The van der Waals surface area contributed by atoms with Crippen LogP contribution >= 0.6 is 23.1 Å². The van der Waals surface area contributed by atoms with Crippen LogP contribution in [0, 0.1) is 0 Å². The molecule has 4 aromatic rings. The summed E-state index contributed by atoms with van der Waals surface area (Å²) in [6.07, 6.45) is 5.95. The molecule has 2 aromatic heterocycles. The lowest BCUT2D eigenvalue weighted by Crippen LogP contribution is -2.24. The molecular formula is C25H23N3O2S2. The summed E-state index contributed by atoms with van der Waals surface area (Å²) in [5.74, 6) is 0.0416. The highest BCUT2D eigenvalue weighted by Gasteiger charge is 2.22. The number of benzene rings is 2. The number of hydrogen-bond acceptors (Lipinski definition) is 5. The highest BCUT2D eigenvalue weighted by atomic mass is 32.2. The van der Waals surface area contributed by atoms with Gasteiger partial charge in [-0.15, -0.1) is 17.9 Å². The van der Waals surface area contributed by atoms with Crippen LogP contribution in [-0.4, -0.2) is 21.2 Å². The zero-order valence-electron chi connectivity index (χ0n) is 17.6. The summed E-state index contributed by atoms with van der Waals surface area (Å²) in [7, 11) is 0. The van der Waals surface area contributed by atoms with E-state index in [1.165, 1.54) is 22.2 Å². The number of nitrogens with one attached hydrogen (secondary N) is 1. The summed E-state index contributed by atoms with van der Waals surface area (Å²) in [5, 5.41) is 6.41. The van der Waals surface area contributed by atoms with E-state index >= 15 is 0 Å². The van der Waals surface area contributed by atoms with Gasteiger partial charge in [0.1, 0.15) is 4.83 Å². The van der Waals surface area contributed by atoms with Crippen molar-refractivity contribution in [3.8, 4) is 0 Å². The van der Waals surface area contributed by atoms with Crippen molar-refractivity contribution in [2.75, 3.05) is 11.1 Å². The van der Waals surface area contributed by atoms with Gasteiger partial charge < -0.3 is 5.32 Å². The number of amides is 1.